The van der Waals surface area contributed by atoms with Crippen LogP contribution in [0.25, 0.3) is 0 Å². The summed E-state index contributed by atoms with van der Waals surface area (Å²) >= 11 is 0. The van der Waals surface area contributed by atoms with E-state index in [0.29, 0.717) is 6.42 Å². The van der Waals surface area contributed by atoms with Gasteiger partial charge in [-0.2, -0.15) is 8.42 Å². The SMILES string of the molecule is C=C(C)C(=O)OC1C2CC3C1OS(=O)(=O)C3C2C(=O)OC. The molecule has 21 heavy (non-hydrogen) atoms. The number of ether oxygens (including phenoxy) is 2. The predicted molar refractivity (Wildman–Crippen MR) is 69.4 cm³/mol. The van der Waals surface area contributed by atoms with Gasteiger partial charge < -0.3 is 9.47 Å². The molecule has 1 saturated heterocycles. The average molecular weight is 316 g/mol. The Kier molecular flexibility index (Phi) is 3.14. The van der Waals surface area contributed by atoms with Crippen molar-refractivity contribution in [3.63, 3.8) is 0 Å². The van der Waals surface area contributed by atoms with Crippen LogP contribution in [-0.2, 0) is 33.4 Å². The third-order valence-corrected chi connectivity index (χ3v) is 6.39. The number of fused-ring (bicyclic) bond motifs is 1. The van der Waals surface area contributed by atoms with Crippen LogP contribution in [0.2, 0.25) is 0 Å². The molecular formula is C13H16O7S. The van der Waals surface area contributed by atoms with Crippen molar-refractivity contribution in [1.82, 2.24) is 0 Å². The summed E-state index contributed by atoms with van der Waals surface area (Å²) in [5.41, 5.74) is 0.213. The molecule has 0 spiro atoms. The molecule has 0 amide bonds. The molecule has 0 aromatic rings. The number of carbonyl (C=O) groups is 2. The molecule has 0 aromatic carbocycles. The highest BCUT2D eigenvalue weighted by Crippen LogP contribution is 2.58. The first-order chi connectivity index (χ1) is 9.77. The maximum absolute atomic E-state index is 12.1. The van der Waals surface area contributed by atoms with Gasteiger partial charge in [-0.05, 0) is 13.3 Å². The lowest BCUT2D eigenvalue weighted by molar-refractivity contribution is -0.159. The van der Waals surface area contributed by atoms with Crippen LogP contribution in [0.1, 0.15) is 13.3 Å². The molecule has 1 aliphatic heterocycles. The number of hydrogen-bond acceptors (Lipinski definition) is 7. The van der Waals surface area contributed by atoms with Crippen LogP contribution >= 0.6 is 0 Å². The minimum atomic E-state index is -3.84. The Labute approximate surface area is 122 Å². The van der Waals surface area contributed by atoms with Gasteiger partial charge in [0.05, 0.1) is 13.0 Å². The fourth-order valence-electron chi connectivity index (χ4n) is 3.81. The highest BCUT2D eigenvalue weighted by Gasteiger charge is 2.72. The maximum atomic E-state index is 12.1. The first-order valence-electron chi connectivity index (χ1n) is 6.64. The highest BCUT2D eigenvalue weighted by molar-refractivity contribution is 7.87. The summed E-state index contributed by atoms with van der Waals surface area (Å²) in [4.78, 5) is 23.7. The second kappa shape index (κ2) is 4.54. The Balaban J connectivity index is 1.95. The number of methoxy groups -OCH3 is 1. The van der Waals surface area contributed by atoms with Crippen LogP contribution in [0.3, 0.4) is 0 Å². The highest BCUT2D eigenvalue weighted by atomic mass is 32.2. The second-order valence-corrected chi connectivity index (χ2v) is 7.50. The summed E-state index contributed by atoms with van der Waals surface area (Å²) in [7, 11) is -2.63. The molecule has 2 bridgehead atoms. The predicted octanol–water partition coefficient (Wildman–Crippen LogP) is 0.0104. The summed E-state index contributed by atoms with van der Waals surface area (Å²) in [5.74, 6) is -2.77. The number of rotatable bonds is 3. The first kappa shape index (κ1) is 14.5. The normalized spacial score (nSPS) is 41.8. The van der Waals surface area contributed by atoms with Crippen LogP contribution < -0.4 is 0 Å². The topological polar surface area (TPSA) is 96.0 Å². The van der Waals surface area contributed by atoms with E-state index in [1.54, 1.807) is 0 Å². The Morgan fingerprint density at radius 1 is 1.29 bits per heavy atom. The van der Waals surface area contributed by atoms with Gasteiger partial charge in [0, 0.05) is 17.4 Å². The van der Waals surface area contributed by atoms with Crippen molar-refractivity contribution < 1.29 is 31.7 Å². The second-order valence-electron chi connectivity index (χ2n) is 5.78. The lowest BCUT2D eigenvalue weighted by Gasteiger charge is -2.29. The van der Waals surface area contributed by atoms with E-state index in [2.05, 4.69) is 6.58 Å². The zero-order chi connectivity index (χ0) is 15.5. The third kappa shape index (κ3) is 1.92. The summed E-state index contributed by atoms with van der Waals surface area (Å²) in [6.45, 7) is 5.00. The molecule has 3 fully saturated rings. The fourth-order valence-corrected chi connectivity index (χ4v) is 5.87. The fraction of sp³-hybridized carbons (Fsp3) is 0.692. The lowest BCUT2D eigenvalue weighted by Crippen LogP contribution is -2.45. The summed E-state index contributed by atoms with van der Waals surface area (Å²) in [5, 5.41) is -0.889. The van der Waals surface area contributed by atoms with Gasteiger partial charge in [0.15, 0.2) is 0 Å². The number of carbonyl (C=O) groups excluding carboxylic acids is 2. The van der Waals surface area contributed by atoms with Gasteiger partial charge in [0.25, 0.3) is 10.1 Å². The Morgan fingerprint density at radius 2 is 1.95 bits per heavy atom. The van der Waals surface area contributed by atoms with Gasteiger partial charge >= 0.3 is 11.9 Å². The van der Waals surface area contributed by atoms with Crippen molar-refractivity contribution in [2.24, 2.45) is 17.8 Å². The largest absolute Gasteiger partial charge is 0.469 e. The molecule has 3 aliphatic rings. The van der Waals surface area contributed by atoms with E-state index in [9.17, 15) is 18.0 Å². The lowest BCUT2D eigenvalue weighted by atomic mass is 9.84. The van der Waals surface area contributed by atoms with Crippen LogP contribution in [0, 0.1) is 17.8 Å². The molecule has 6 unspecified atom stereocenters. The molecule has 0 radical (unpaired) electrons. The van der Waals surface area contributed by atoms with Crippen molar-refractivity contribution in [3.05, 3.63) is 12.2 Å². The van der Waals surface area contributed by atoms with Crippen molar-refractivity contribution in [3.8, 4) is 0 Å². The van der Waals surface area contributed by atoms with Crippen molar-refractivity contribution >= 4 is 22.1 Å². The molecule has 7 nitrogen and oxygen atoms in total. The first-order valence-corrected chi connectivity index (χ1v) is 8.11. The van der Waals surface area contributed by atoms with E-state index >= 15 is 0 Å². The zero-order valence-electron chi connectivity index (χ0n) is 11.6. The van der Waals surface area contributed by atoms with Gasteiger partial charge in [-0.25, -0.2) is 4.79 Å². The molecule has 2 saturated carbocycles. The molecule has 6 atom stereocenters. The zero-order valence-corrected chi connectivity index (χ0v) is 12.5. The molecule has 2 aliphatic carbocycles. The van der Waals surface area contributed by atoms with Gasteiger partial charge in [0.1, 0.15) is 17.5 Å². The maximum Gasteiger partial charge on any atom is 0.333 e. The summed E-state index contributed by atoms with van der Waals surface area (Å²) in [6.07, 6.45) is -0.978. The van der Waals surface area contributed by atoms with E-state index in [-0.39, 0.29) is 11.5 Å². The van der Waals surface area contributed by atoms with E-state index in [1.165, 1.54) is 14.0 Å². The quantitative estimate of drug-likeness (QED) is 0.411. The van der Waals surface area contributed by atoms with Crippen LogP contribution in [0.4, 0.5) is 0 Å². The Bertz CT molecular complexity index is 622. The molecule has 3 rings (SSSR count). The van der Waals surface area contributed by atoms with Crippen molar-refractivity contribution in [2.45, 2.75) is 30.8 Å². The smallest absolute Gasteiger partial charge is 0.333 e. The monoisotopic (exact) mass is 316 g/mol. The number of esters is 2. The van der Waals surface area contributed by atoms with Crippen LogP contribution in [0.15, 0.2) is 12.2 Å². The van der Waals surface area contributed by atoms with Gasteiger partial charge in [0.2, 0.25) is 0 Å². The van der Waals surface area contributed by atoms with Gasteiger partial charge in [-0.15, -0.1) is 0 Å². The third-order valence-electron chi connectivity index (χ3n) is 4.59. The standard InChI is InChI=1S/C13H16O7S/c1-5(2)12(14)19-9-6-4-7-10(9)20-21(16,17)11(7)8(6)13(15)18-3/h6-11H,1,4H2,2-3H3. The molecule has 1 heterocycles. The van der Waals surface area contributed by atoms with Crippen LogP contribution in [0.5, 0.6) is 0 Å². The van der Waals surface area contributed by atoms with Crippen LogP contribution in [-0.4, -0.2) is 44.9 Å². The van der Waals surface area contributed by atoms with E-state index in [0.717, 1.165) is 0 Å². The molecule has 0 aromatic heterocycles. The minimum Gasteiger partial charge on any atom is -0.469 e. The Morgan fingerprint density at radius 3 is 2.52 bits per heavy atom. The number of hydrogen-bond donors (Lipinski definition) is 0. The van der Waals surface area contributed by atoms with Crippen molar-refractivity contribution in [2.75, 3.05) is 7.11 Å². The van der Waals surface area contributed by atoms with E-state index < -0.39 is 51.4 Å². The average Bonchev–Trinajstić information content (AvgIpc) is 2.99. The Hall–Kier alpha value is -1.41. The molecule has 8 heteroatoms. The summed E-state index contributed by atoms with van der Waals surface area (Å²) in [6, 6.07) is 0. The minimum absolute atomic E-state index is 0.213. The molecule has 116 valence electrons. The van der Waals surface area contributed by atoms with E-state index in [4.69, 9.17) is 13.7 Å². The van der Waals surface area contributed by atoms with Gasteiger partial charge in [-0.3, -0.25) is 8.98 Å². The van der Waals surface area contributed by atoms with E-state index in [1.807, 2.05) is 0 Å². The van der Waals surface area contributed by atoms with Crippen molar-refractivity contribution in [1.29, 1.82) is 0 Å². The van der Waals surface area contributed by atoms with Gasteiger partial charge in [-0.1, -0.05) is 6.58 Å². The molecule has 0 N–H and O–H groups in total. The summed E-state index contributed by atoms with van der Waals surface area (Å²) < 4.78 is 39.3. The molecular weight excluding hydrogens is 300 g/mol.